The normalized spacial score (nSPS) is 26.4. The van der Waals surface area contributed by atoms with Crippen LogP contribution in [0, 0.1) is 11.8 Å². The lowest BCUT2D eigenvalue weighted by molar-refractivity contribution is -0.0114. The molecular formula is C27H36N6O2. The van der Waals surface area contributed by atoms with E-state index in [0.717, 1.165) is 63.3 Å². The van der Waals surface area contributed by atoms with Gasteiger partial charge in [-0.1, -0.05) is 6.07 Å². The first-order valence-corrected chi connectivity index (χ1v) is 12.8. The van der Waals surface area contributed by atoms with Gasteiger partial charge in [0.05, 0.1) is 0 Å². The second kappa shape index (κ2) is 10.7. The zero-order chi connectivity index (χ0) is 24.2. The lowest BCUT2D eigenvalue weighted by Gasteiger charge is -2.51. The van der Waals surface area contributed by atoms with Gasteiger partial charge in [0.25, 0.3) is 0 Å². The van der Waals surface area contributed by atoms with E-state index in [1.165, 1.54) is 19.9 Å². The number of hydrogen-bond donors (Lipinski definition) is 2. The summed E-state index contributed by atoms with van der Waals surface area (Å²) < 4.78 is 0. The number of carbonyl (C=O) groups excluding carboxylic acids is 2. The summed E-state index contributed by atoms with van der Waals surface area (Å²) in [6.45, 7) is 9.92. The number of piperazine rings is 1. The first-order valence-electron chi connectivity index (χ1n) is 12.8. The molecule has 0 radical (unpaired) electrons. The molecule has 8 nitrogen and oxygen atoms in total. The van der Waals surface area contributed by atoms with Crippen LogP contribution in [0.15, 0.2) is 48.7 Å². The monoisotopic (exact) mass is 476 g/mol. The Morgan fingerprint density at radius 2 is 1.83 bits per heavy atom. The third-order valence-electron chi connectivity index (χ3n) is 7.90. The van der Waals surface area contributed by atoms with Gasteiger partial charge in [0.2, 0.25) is 0 Å². The highest BCUT2D eigenvalue weighted by atomic mass is 16.2. The van der Waals surface area contributed by atoms with Crippen molar-refractivity contribution in [2.75, 3.05) is 62.6 Å². The van der Waals surface area contributed by atoms with E-state index in [9.17, 15) is 9.59 Å². The molecule has 4 aliphatic heterocycles. The fraction of sp³-hybridized carbons (Fsp3) is 0.519. The SMILES string of the molecule is CC(=O)c1ccc(NC(=O)NC[C@H]2C[C@@H]3CCN2C[C@@H]3CN2CCN(c3ccccn3)CC2)cc1. The number of aromatic nitrogens is 1. The minimum absolute atomic E-state index is 0.0208. The number of amides is 2. The van der Waals surface area contributed by atoms with Crippen LogP contribution in [0.4, 0.5) is 16.3 Å². The topological polar surface area (TPSA) is 80.8 Å². The molecule has 0 spiro atoms. The van der Waals surface area contributed by atoms with Gasteiger partial charge in [-0.3, -0.25) is 14.6 Å². The summed E-state index contributed by atoms with van der Waals surface area (Å²) in [5.74, 6) is 2.56. The molecule has 4 aliphatic rings. The van der Waals surface area contributed by atoms with Crippen LogP contribution >= 0.6 is 0 Å². The maximum Gasteiger partial charge on any atom is 0.319 e. The van der Waals surface area contributed by atoms with Crippen molar-refractivity contribution in [3.05, 3.63) is 54.2 Å². The molecule has 1 aromatic heterocycles. The smallest absolute Gasteiger partial charge is 0.319 e. The Hall–Kier alpha value is -2.97. The molecule has 0 saturated carbocycles. The molecule has 2 N–H and O–H groups in total. The van der Waals surface area contributed by atoms with Crippen molar-refractivity contribution in [3.63, 3.8) is 0 Å². The summed E-state index contributed by atoms with van der Waals surface area (Å²) in [5.41, 5.74) is 1.34. The lowest BCUT2D eigenvalue weighted by atomic mass is 9.75. The van der Waals surface area contributed by atoms with E-state index in [0.29, 0.717) is 23.8 Å². The van der Waals surface area contributed by atoms with Gasteiger partial charge in [-0.2, -0.15) is 0 Å². The zero-order valence-corrected chi connectivity index (χ0v) is 20.5. The summed E-state index contributed by atoms with van der Waals surface area (Å²) in [5, 5.41) is 5.93. The molecule has 6 rings (SSSR count). The highest BCUT2D eigenvalue weighted by Crippen LogP contribution is 2.36. The molecule has 4 saturated heterocycles. The second-order valence-corrected chi connectivity index (χ2v) is 10.1. The molecule has 5 heterocycles. The third-order valence-corrected chi connectivity index (χ3v) is 7.90. The fourth-order valence-corrected chi connectivity index (χ4v) is 5.87. The number of fused-ring (bicyclic) bond motifs is 3. The summed E-state index contributed by atoms with van der Waals surface area (Å²) in [7, 11) is 0. The predicted molar refractivity (Wildman–Crippen MR) is 138 cm³/mol. The van der Waals surface area contributed by atoms with Crippen LogP contribution in [0.2, 0.25) is 0 Å². The quantitative estimate of drug-likeness (QED) is 0.598. The van der Waals surface area contributed by atoms with E-state index in [2.05, 4.69) is 42.5 Å². The first-order chi connectivity index (χ1) is 17.0. The van der Waals surface area contributed by atoms with Crippen molar-refractivity contribution in [1.82, 2.24) is 20.1 Å². The Balaban J connectivity index is 1.05. The van der Waals surface area contributed by atoms with Crippen LogP contribution in [-0.4, -0.2) is 85.0 Å². The average molecular weight is 477 g/mol. The van der Waals surface area contributed by atoms with Crippen molar-refractivity contribution in [2.45, 2.75) is 25.8 Å². The summed E-state index contributed by atoms with van der Waals surface area (Å²) >= 11 is 0. The van der Waals surface area contributed by atoms with Gasteiger partial charge in [-0.05, 0) is 74.5 Å². The second-order valence-electron chi connectivity index (χ2n) is 10.1. The maximum absolute atomic E-state index is 12.4. The van der Waals surface area contributed by atoms with E-state index in [4.69, 9.17) is 0 Å². The van der Waals surface area contributed by atoms with Crippen LogP contribution in [0.3, 0.4) is 0 Å². The number of anilines is 2. The van der Waals surface area contributed by atoms with Gasteiger partial charge in [-0.15, -0.1) is 0 Å². The average Bonchev–Trinajstić information content (AvgIpc) is 2.89. The van der Waals surface area contributed by atoms with Crippen molar-refractivity contribution in [2.24, 2.45) is 11.8 Å². The van der Waals surface area contributed by atoms with Crippen LogP contribution in [0.5, 0.6) is 0 Å². The number of carbonyl (C=O) groups is 2. The predicted octanol–water partition coefficient (Wildman–Crippen LogP) is 2.94. The number of piperidine rings is 3. The van der Waals surface area contributed by atoms with E-state index < -0.39 is 0 Å². The lowest BCUT2D eigenvalue weighted by Crippen LogP contribution is -2.59. The number of Topliss-reactive ketones (excluding diaryl/α,β-unsaturated/α-hetero) is 1. The van der Waals surface area contributed by atoms with Crippen molar-refractivity contribution in [3.8, 4) is 0 Å². The summed E-state index contributed by atoms with van der Waals surface area (Å²) in [6.07, 6.45) is 4.30. The first kappa shape index (κ1) is 23.8. The fourth-order valence-electron chi connectivity index (χ4n) is 5.87. The Labute approximate surface area is 207 Å². The highest BCUT2D eigenvalue weighted by Gasteiger charge is 2.40. The van der Waals surface area contributed by atoms with Gasteiger partial charge in [0.1, 0.15) is 5.82 Å². The third kappa shape index (κ3) is 5.82. The Bertz CT molecular complexity index is 1010. The molecular weight excluding hydrogens is 440 g/mol. The molecule has 4 atom stereocenters. The maximum atomic E-state index is 12.4. The molecule has 2 amide bonds. The van der Waals surface area contributed by atoms with Crippen LogP contribution in [0.25, 0.3) is 0 Å². The molecule has 8 heteroatoms. The van der Waals surface area contributed by atoms with Crippen molar-refractivity contribution in [1.29, 1.82) is 0 Å². The number of urea groups is 1. The minimum atomic E-state index is -0.189. The van der Waals surface area contributed by atoms with E-state index in [1.54, 1.807) is 24.3 Å². The molecule has 1 unspecified atom stereocenters. The Morgan fingerprint density at radius 1 is 1.03 bits per heavy atom. The standard InChI is InChI=1S/C27H36N6O2/c1-20(34)21-5-7-24(8-6-21)30-27(35)29-17-25-16-22-9-11-33(25)19-23(22)18-31-12-14-32(15-13-31)26-4-2-3-10-28-26/h2-8,10,22-23,25H,9,11-19H2,1H3,(H2,29,30,35)/t22-,23-,25+/m0/s1. The van der Waals surface area contributed by atoms with Crippen molar-refractivity contribution < 1.29 is 9.59 Å². The minimum Gasteiger partial charge on any atom is -0.354 e. The number of ketones is 1. The van der Waals surface area contributed by atoms with Crippen LogP contribution in [0.1, 0.15) is 30.1 Å². The summed E-state index contributed by atoms with van der Waals surface area (Å²) in [6, 6.07) is 13.4. The van der Waals surface area contributed by atoms with Gasteiger partial charge in [-0.25, -0.2) is 9.78 Å². The van der Waals surface area contributed by atoms with E-state index in [1.807, 2.05) is 12.3 Å². The van der Waals surface area contributed by atoms with Crippen molar-refractivity contribution >= 4 is 23.3 Å². The number of nitrogens with zero attached hydrogens (tertiary/aromatic N) is 4. The number of rotatable bonds is 7. The van der Waals surface area contributed by atoms with Crippen LogP contribution < -0.4 is 15.5 Å². The number of benzene rings is 1. The molecule has 2 aromatic rings. The molecule has 0 aliphatic carbocycles. The summed E-state index contributed by atoms with van der Waals surface area (Å²) in [4.78, 5) is 35.9. The Kier molecular flexibility index (Phi) is 7.29. The number of nitrogens with one attached hydrogen (secondary N) is 2. The highest BCUT2D eigenvalue weighted by molar-refractivity contribution is 5.95. The van der Waals surface area contributed by atoms with Gasteiger partial charge < -0.3 is 15.5 Å². The van der Waals surface area contributed by atoms with Gasteiger partial charge in [0.15, 0.2) is 5.78 Å². The number of pyridine rings is 1. The molecule has 1 aromatic carbocycles. The molecule has 2 bridgehead atoms. The molecule has 186 valence electrons. The van der Waals surface area contributed by atoms with E-state index >= 15 is 0 Å². The van der Waals surface area contributed by atoms with Gasteiger partial charge in [0, 0.05) is 69.3 Å². The number of hydrogen-bond acceptors (Lipinski definition) is 6. The van der Waals surface area contributed by atoms with E-state index in [-0.39, 0.29) is 11.8 Å². The van der Waals surface area contributed by atoms with Crippen LogP contribution in [-0.2, 0) is 0 Å². The zero-order valence-electron chi connectivity index (χ0n) is 20.5. The van der Waals surface area contributed by atoms with Gasteiger partial charge >= 0.3 is 6.03 Å². The Morgan fingerprint density at radius 3 is 2.49 bits per heavy atom. The molecule has 4 fully saturated rings. The largest absolute Gasteiger partial charge is 0.354 e. The molecule has 35 heavy (non-hydrogen) atoms.